The Kier molecular flexibility index (Phi) is 5.57. The van der Waals surface area contributed by atoms with Crippen LogP contribution in [-0.4, -0.2) is 16.3 Å². The topological polar surface area (TPSA) is 29.9 Å². The molecule has 0 spiro atoms. The second-order valence-corrected chi connectivity index (χ2v) is 5.51. The highest BCUT2D eigenvalue weighted by molar-refractivity contribution is 5.37. The van der Waals surface area contributed by atoms with E-state index in [0.29, 0.717) is 6.04 Å². The molecule has 1 aromatic heterocycles. The number of aromatic nitrogens is 2. The number of aryl methyl sites for hydroxylation is 2. The first kappa shape index (κ1) is 15.8. The summed E-state index contributed by atoms with van der Waals surface area (Å²) in [5, 5.41) is 8.22. The third-order valence-electron chi connectivity index (χ3n) is 3.90. The maximum Gasteiger partial charge on any atom is 0.0649 e. The van der Waals surface area contributed by atoms with E-state index in [1.54, 1.807) is 0 Å². The molecule has 21 heavy (non-hydrogen) atoms. The Balaban J connectivity index is 2.20. The van der Waals surface area contributed by atoms with E-state index in [4.69, 9.17) is 5.10 Å². The van der Waals surface area contributed by atoms with Gasteiger partial charge in [-0.2, -0.15) is 5.10 Å². The second-order valence-electron chi connectivity index (χ2n) is 5.51. The SMILES string of the molecule is CCCNC(C)c1ccc(-n2nc(CC)cc2CC)cc1. The summed E-state index contributed by atoms with van der Waals surface area (Å²) >= 11 is 0. The van der Waals surface area contributed by atoms with Crippen LogP contribution in [0.1, 0.15) is 57.1 Å². The van der Waals surface area contributed by atoms with Crippen molar-refractivity contribution in [3.8, 4) is 5.69 Å². The van der Waals surface area contributed by atoms with Crippen LogP contribution in [0.2, 0.25) is 0 Å². The summed E-state index contributed by atoms with van der Waals surface area (Å²) in [6.45, 7) is 9.79. The Morgan fingerprint density at radius 2 is 1.81 bits per heavy atom. The number of benzene rings is 1. The zero-order valence-corrected chi connectivity index (χ0v) is 13.7. The van der Waals surface area contributed by atoms with E-state index in [2.05, 4.69) is 68.0 Å². The summed E-state index contributed by atoms with van der Waals surface area (Å²) < 4.78 is 2.08. The van der Waals surface area contributed by atoms with Crippen LogP contribution in [0.15, 0.2) is 30.3 Å². The quantitative estimate of drug-likeness (QED) is 0.831. The molecule has 0 saturated heterocycles. The molecule has 2 aromatic rings. The van der Waals surface area contributed by atoms with E-state index in [0.717, 1.165) is 37.2 Å². The molecule has 1 atom stereocenters. The minimum atomic E-state index is 0.397. The fraction of sp³-hybridized carbons (Fsp3) is 0.500. The third kappa shape index (κ3) is 3.73. The summed E-state index contributed by atoms with van der Waals surface area (Å²) in [4.78, 5) is 0. The van der Waals surface area contributed by atoms with Crippen molar-refractivity contribution in [1.29, 1.82) is 0 Å². The fourth-order valence-corrected chi connectivity index (χ4v) is 2.51. The number of nitrogens with one attached hydrogen (secondary N) is 1. The van der Waals surface area contributed by atoms with Gasteiger partial charge in [-0.25, -0.2) is 4.68 Å². The van der Waals surface area contributed by atoms with E-state index in [9.17, 15) is 0 Å². The van der Waals surface area contributed by atoms with Gasteiger partial charge in [0.05, 0.1) is 11.4 Å². The molecular weight excluding hydrogens is 258 g/mol. The Hall–Kier alpha value is -1.61. The Morgan fingerprint density at radius 3 is 2.38 bits per heavy atom. The maximum atomic E-state index is 4.69. The smallest absolute Gasteiger partial charge is 0.0649 e. The Labute approximate surface area is 128 Å². The fourth-order valence-electron chi connectivity index (χ4n) is 2.51. The van der Waals surface area contributed by atoms with Gasteiger partial charge in [-0.05, 0) is 56.5 Å². The van der Waals surface area contributed by atoms with Crippen LogP contribution < -0.4 is 5.32 Å². The minimum absolute atomic E-state index is 0.397. The van der Waals surface area contributed by atoms with Crippen molar-refractivity contribution in [1.82, 2.24) is 15.1 Å². The van der Waals surface area contributed by atoms with Gasteiger partial charge < -0.3 is 5.32 Å². The molecule has 3 nitrogen and oxygen atoms in total. The normalized spacial score (nSPS) is 12.6. The molecular formula is C18H27N3. The van der Waals surface area contributed by atoms with Crippen LogP contribution in [-0.2, 0) is 12.8 Å². The predicted molar refractivity (Wildman–Crippen MR) is 89.0 cm³/mol. The van der Waals surface area contributed by atoms with E-state index < -0.39 is 0 Å². The van der Waals surface area contributed by atoms with Gasteiger partial charge in [-0.3, -0.25) is 0 Å². The standard InChI is InChI=1S/C18H27N3/c1-5-12-19-14(4)15-8-10-18(11-9-15)21-17(7-3)13-16(6-2)20-21/h8-11,13-14,19H,5-7,12H2,1-4H3. The lowest BCUT2D eigenvalue weighted by molar-refractivity contribution is 0.570. The molecule has 0 aliphatic heterocycles. The van der Waals surface area contributed by atoms with Gasteiger partial charge in [0.25, 0.3) is 0 Å². The summed E-state index contributed by atoms with van der Waals surface area (Å²) in [5.74, 6) is 0. The lowest BCUT2D eigenvalue weighted by Gasteiger charge is -2.14. The molecule has 3 heteroatoms. The highest BCUT2D eigenvalue weighted by Crippen LogP contribution is 2.18. The second kappa shape index (κ2) is 7.41. The molecule has 0 fully saturated rings. The molecule has 0 amide bonds. The first-order valence-electron chi connectivity index (χ1n) is 8.11. The van der Waals surface area contributed by atoms with Crippen molar-refractivity contribution in [3.63, 3.8) is 0 Å². The Bertz CT molecular complexity index is 554. The number of hydrogen-bond acceptors (Lipinski definition) is 2. The maximum absolute atomic E-state index is 4.69. The van der Waals surface area contributed by atoms with Crippen molar-refractivity contribution in [2.24, 2.45) is 0 Å². The number of hydrogen-bond donors (Lipinski definition) is 1. The highest BCUT2D eigenvalue weighted by Gasteiger charge is 2.09. The molecule has 0 aliphatic rings. The molecule has 0 aliphatic carbocycles. The van der Waals surface area contributed by atoms with E-state index in [-0.39, 0.29) is 0 Å². The van der Waals surface area contributed by atoms with Gasteiger partial charge in [-0.1, -0.05) is 32.9 Å². The lowest BCUT2D eigenvalue weighted by atomic mass is 10.1. The number of rotatable bonds is 7. The van der Waals surface area contributed by atoms with Crippen molar-refractivity contribution >= 4 is 0 Å². The largest absolute Gasteiger partial charge is 0.310 e. The van der Waals surface area contributed by atoms with Crippen molar-refractivity contribution < 1.29 is 0 Å². The molecule has 1 unspecified atom stereocenters. The molecule has 0 bridgehead atoms. The minimum Gasteiger partial charge on any atom is -0.310 e. The van der Waals surface area contributed by atoms with E-state index in [1.807, 2.05) is 0 Å². The molecule has 1 heterocycles. The molecule has 1 aromatic carbocycles. The summed E-state index contributed by atoms with van der Waals surface area (Å²) in [5.41, 5.74) is 4.91. The average molecular weight is 285 g/mol. The Morgan fingerprint density at radius 1 is 1.10 bits per heavy atom. The van der Waals surface area contributed by atoms with Gasteiger partial charge in [0.2, 0.25) is 0 Å². The molecule has 114 valence electrons. The summed E-state index contributed by atoms with van der Waals surface area (Å²) in [6.07, 6.45) is 3.15. The van der Waals surface area contributed by atoms with Gasteiger partial charge in [0, 0.05) is 11.7 Å². The van der Waals surface area contributed by atoms with Gasteiger partial charge in [0.1, 0.15) is 0 Å². The molecule has 0 radical (unpaired) electrons. The van der Waals surface area contributed by atoms with Crippen molar-refractivity contribution in [3.05, 3.63) is 47.3 Å². The van der Waals surface area contributed by atoms with Gasteiger partial charge in [-0.15, -0.1) is 0 Å². The van der Waals surface area contributed by atoms with E-state index >= 15 is 0 Å². The average Bonchev–Trinajstić information content (AvgIpc) is 2.96. The van der Waals surface area contributed by atoms with Crippen molar-refractivity contribution in [2.75, 3.05) is 6.54 Å². The highest BCUT2D eigenvalue weighted by atomic mass is 15.3. The zero-order chi connectivity index (χ0) is 15.2. The predicted octanol–water partition coefficient (Wildman–Crippen LogP) is 4.06. The summed E-state index contributed by atoms with van der Waals surface area (Å²) in [6, 6.07) is 11.4. The first-order chi connectivity index (χ1) is 10.2. The third-order valence-corrected chi connectivity index (χ3v) is 3.90. The van der Waals surface area contributed by atoms with Gasteiger partial charge >= 0.3 is 0 Å². The van der Waals surface area contributed by atoms with Crippen LogP contribution in [0.5, 0.6) is 0 Å². The number of nitrogens with zero attached hydrogens (tertiary/aromatic N) is 2. The monoisotopic (exact) mass is 285 g/mol. The van der Waals surface area contributed by atoms with Crippen LogP contribution in [0.4, 0.5) is 0 Å². The zero-order valence-electron chi connectivity index (χ0n) is 13.7. The van der Waals surface area contributed by atoms with Crippen LogP contribution in [0.3, 0.4) is 0 Å². The van der Waals surface area contributed by atoms with Crippen LogP contribution >= 0.6 is 0 Å². The first-order valence-corrected chi connectivity index (χ1v) is 8.11. The van der Waals surface area contributed by atoms with Crippen LogP contribution in [0, 0.1) is 0 Å². The van der Waals surface area contributed by atoms with Crippen LogP contribution in [0.25, 0.3) is 5.69 Å². The van der Waals surface area contributed by atoms with E-state index in [1.165, 1.54) is 11.3 Å². The lowest BCUT2D eigenvalue weighted by Crippen LogP contribution is -2.19. The summed E-state index contributed by atoms with van der Waals surface area (Å²) in [7, 11) is 0. The molecule has 2 rings (SSSR count). The van der Waals surface area contributed by atoms with Crippen molar-refractivity contribution in [2.45, 2.75) is 53.0 Å². The molecule has 1 N–H and O–H groups in total. The molecule has 0 saturated carbocycles. The van der Waals surface area contributed by atoms with Gasteiger partial charge in [0.15, 0.2) is 0 Å².